The van der Waals surface area contributed by atoms with Gasteiger partial charge in [-0.25, -0.2) is 0 Å². The first kappa shape index (κ1) is 19.1. The van der Waals surface area contributed by atoms with Gasteiger partial charge in [-0.2, -0.15) is 5.10 Å². The highest BCUT2D eigenvalue weighted by atomic mass is 35.5. The highest BCUT2D eigenvalue weighted by Crippen LogP contribution is 2.16. The van der Waals surface area contributed by atoms with E-state index in [2.05, 4.69) is 27.6 Å². The third-order valence-corrected chi connectivity index (χ3v) is 3.86. The molecule has 7 heteroatoms. The van der Waals surface area contributed by atoms with Gasteiger partial charge < -0.3 is 15.4 Å². The second kappa shape index (κ2) is 9.93. The van der Waals surface area contributed by atoms with Gasteiger partial charge in [0, 0.05) is 37.6 Å². The van der Waals surface area contributed by atoms with Crippen molar-refractivity contribution in [3.63, 3.8) is 0 Å². The fraction of sp³-hybridized carbons (Fsp3) is 0.444. The van der Waals surface area contributed by atoms with Crippen molar-refractivity contribution in [2.24, 2.45) is 10.9 Å². The first-order chi connectivity index (χ1) is 12.1. The van der Waals surface area contributed by atoms with E-state index in [1.165, 1.54) is 0 Å². The van der Waals surface area contributed by atoms with Gasteiger partial charge in [-0.3, -0.25) is 9.67 Å². The van der Waals surface area contributed by atoms with Crippen molar-refractivity contribution in [1.82, 2.24) is 20.4 Å². The zero-order valence-corrected chi connectivity index (χ0v) is 15.7. The van der Waals surface area contributed by atoms with Crippen molar-refractivity contribution < 1.29 is 4.74 Å². The summed E-state index contributed by atoms with van der Waals surface area (Å²) in [4.78, 5) is 4.25. The van der Waals surface area contributed by atoms with Gasteiger partial charge >= 0.3 is 0 Å². The minimum Gasteiger partial charge on any atom is -0.489 e. The number of halogens is 1. The minimum atomic E-state index is 0.00113. The van der Waals surface area contributed by atoms with E-state index < -0.39 is 0 Å². The third-order valence-electron chi connectivity index (χ3n) is 3.61. The van der Waals surface area contributed by atoms with Gasteiger partial charge in [-0.05, 0) is 43.2 Å². The Labute approximate surface area is 154 Å². The summed E-state index contributed by atoms with van der Waals surface area (Å²) in [5, 5.41) is 11.5. The van der Waals surface area contributed by atoms with Crippen LogP contribution in [0.1, 0.15) is 13.8 Å². The van der Waals surface area contributed by atoms with Crippen molar-refractivity contribution in [1.29, 1.82) is 0 Å². The molecular weight excluding hydrogens is 338 g/mol. The molecule has 2 rings (SSSR count). The highest BCUT2D eigenvalue weighted by molar-refractivity contribution is 6.30. The van der Waals surface area contributed by atoms with Crippen molar-refractivity contribution in [2.75, 3.05) is 20.1 Å². The van der Waals surface area contributed by atoms with Crippen molar-refractivity contribution in [3.05, 3.63) is 47.7 Å². The Bertz CT molecular complexity index is 642. The SMILES string of the molecule is CN=C(NCC(C)Cn1cccn1)NCC(C)Oc1ccc(Cl)cc1. The number of guanidine groups is 1. The minimum absolute atomic E-state index is 0.00113. The van der Waals surface area contributed by atoms with Crippen LogP contribution >= 0.6 is 11.6 Å². The molecule has 2 atom stereocenters. The Balaban J connectivity index is 1.69. The molecule has 0 amide bonds. The number of hydrogen-bond acceptors (Lipinski definition) is 3. The van der Waals surface area contributed by atoms with Crippen LogP contribution in [0.3, 0.4) is 0 Å². The molecule has 25 heavy (non-hydrogen) atoms. The molecule has 0 fully saturated rings. The largest absolute Gasteiger partial charge is 0.489 e. The molecular formula is C18H26ClN5O. The van der Waals surface area contributed by atoms with Gasteiger partial charge in [0.15, 0.2) is 5.96 Å². The summed E-state index contributed by atoms with van der Waals surface area (Å²) < 4.78 is 7.78. The lowest BCUT2D eigenvalue weighted by Gasteiger charge is -2.19. The maximum atomic E-state index is 5.88. The lowest BCUT2D eigenvalue weighted by molar-refractivity contribution is 0.224. The quantitative estimate of drug-likeness (QED) is 0.559. The molecule has 1 aromatic carbocycles. The molecule has 0 saturated heterocycles. The summed E-state index contributed by atoms with van der Waals surface area (Å²) in [6.07, 6.45) is 3.77. The van der Waals surface area contributed by atoms with Crippen LogP contribution in [0.4, 0.5) is 0 Å². The van der Waals surface area contributed by atoms with Gasteiger partial charge in [0.05, 0.1) is 6.54 Å². The Kier molecular flexibility index (Phi) is 7.60. The molecule has 0 spiro atoms. The van der Waals surface area contributed by atoms with Crippen LogP contribution in [-0.2, 0) is 6.54 Å². The van der Waals surface area contributed by atoms with Crippen LogP contribution in [0.15, 0.2) is 47.7 Å². The number of aromatic nitrogens is 2. The first-order valence-corrected chi connectivity index (χ1v) is 8.78. The molecule has 0 radical (unpaired) electrons. The summed E-state index contributed by atoms with van der Waals surface area (Å²) in [5.74, 6) is 1.99. The Morgan fingerprint density at radius 3 is 2.60 bits per heavy atom. The summed E-state index contributed by atoms with van der Waals surface area (Å²) in [6, 6.07) is 9.30. The topological polar surface area (TPSA) is 63.5 Å². The van der Waals surface area contributed by atoms with Gasteiger partial charge in [0.1, 0.15) is 11.9 Å². The molecule has 2 aromatic rings. The predicted molar refractivity (Wildman–Crippen MR) is 102 cm³/mol. The van der Waals surface area contributed by atoms with Crippen LogP contribution in [0, 0.1) is 5.92 Å². The molecule has 0 saturated carbocycles. The molecule has 2 unspecified atom stereocenters. The molecule has 0 aliphatic heterocycles. The van der Waals surface area contributed by atoms with Crippen LogP contribution < -0.4 is 15.4 Å². The molecule has 1 heterocycles. The van der Waals surface area contributed by atoms with Crippen LogP contribution in [-0.4, -0.2) is 42.0 Å². The highest BCUT2D eigenvalue weighted by Gasteiger charge is 2.08. The van der Waals surface area contributed by atoms with Gasteiger partial charge in [0.25, 0.3) is 0 Å². The standard InChI is InChI=1S/C18H26ClN5O/c1-14(13-24-10-4-9-23-24)11-21-18(20-3)22-12-15(2)25-17-7-5-16(19)6-8-17/h4-10,14-15H,11-13H2,1-3H3,(H2,20,21,22). The fourth-order valence-electron chi connectivity index (χ4n) is 2.31. The fourth-order valence-corrected chi connectivity index (χ4v) is 2.44. The molecule has 1 aromatic heterocycles. The molecule has 0 bridgehead atoms. The van der Waals surface area contributed by atoms with Crippen molar-refractivity contribution >= 4 is 17.6 Å². The number of hydrogen-bond donors (Lipinski definition) is 2. The summed E-state index contributed by atoms with van der Waals surface area (Å²) in [7, 11) is 1.76. The lowest BCUT2D eigenvalue weighted by Crippen LogP contribution is -2.43. The smallest absolute Gasteiger partial charge is 0.191 e. The van der Waals surface area contributed by atoms with Gasteiger partial charge in [-0.1, -0.05) is 18.5 Å². The van der Waals surface area contributed by atoms with E-state index in [0.29, 0.717) is 17.5 Å². The maximum Gasteiger partial charge on any atom is 0.191 e. The zero-order chi connectivity index (χ0) is 18.1. The monoisotopic (exact) mass is 363 g/mol. The Morgan fingerprint density at radius 2 is 1.96 bits per heavy atom. The van der Waals surface area contributed by atoms with E-state index >= 15 is 0 Å². The maximum absolute atomic E-state index is 5.88. The van der Waals surface area contributed by atoms with Crippen molar-refractivity contribution in [2.45, 2.75) is 26.5 Å². The molecule has 0 aliphatic rings. The zero-order valence-electron chi connectivity index (χ0n) is 14.9. The average Bonchev–Trinajstić information content (AvgIpc) is 3.10. The van der Waals surface area contributed by atoms with E-state index in [1.807, 2.05) is 48.1 Å². The van der Waals surface area contributed by atoms with E-state index in [-0.39, 0.29) is 6.10 Å². The Morgan fingerprint density at radius 1 is 1.24 bits per heavy atom. The number of nitrogens with zero attached hydrogens (tertiary/aromatic N) is 3. The average molecular weight is 364 g/mol. The molecule has 136 valence electrons. The molecule has 0 aliphatic carbocycles. The van der Waals surface area contributed by atoms with Crippen molar-refractivity contribution in [3.8, 4) is 5.75 Å². The summed E-state index contributed by atoms with van der Waals surface area (Å²) in [6.45, 7) is 6.51. The second-order valence-corrected chi connectivity index (χ2v) is 6.49. The number of rotatable bonds is 8. The Hall–Kier alpha value is -2.21. The van der Waals surface area contributed by atoms with Gasteiger partial charge in [-0.15, -0.1) is 0 Å². The van der Waals surface area contributed by atoms with E-state index in [9.17, 15) is 0 Å². The van der Waals surface area contributed by atoms with Gasteiger partial charge in [0.2, 0.25) is 0 Å². The predicted octanol–water partition coefficient (Wildman–Crippen LogP) is 2.81. The summed E-state index contributed by atoms with van der Waals surface area (Å²) in [5.41, 5.74) is 0. The van der Waals surface area contributed by atoms with Crippen LogP contribution in [0.25, 0.3) is 0 Å². The first-order valence-electron chi connectivity index (χ1n) is 8.41. The second-order valence-electron chi connectivity index (χ2n) is 6.05. The number of nitrogens with one attached hydrogen (secondary N) is 2. The number of benzene rings is 1. The molecule has 2 N–H and O–H groups in total. The normalized spacial score (nSPS) is 14.0. The molecule has 6 nitrogen and oxygen atoms in total. The number of aliphatic imine (C=N–C) groups is 1. The van der Waals surface area contributed by atoms with E-state index in [0.717, 1.165) is 24.8 Å². The number of ether oxygens (including phenoxy) is 1. The lowest BCUT2D eigenvalue weighted by atomic mass is 10.2. The third kappa shape index (κ3) is 7.05. The van der Waals surface area contributed by atoms with Crippen LogP contribution in [0.2, 0.25) is 5.02 Å². The van der Waals surface area contributed by atoms with Crippen LogP contribution in [0.5, 0.6) is 5.75 Å². The summed E-state index contributed by atoms with van der Waals surface area (Å²) >= 11 is 5.88. The van der Waals surface area contributed by atoms with E-state index in [4.69, 9.17) is 16.3 Å². The van der Waals surface area contributed by atoms with E-state index in [1.54, 1.807) is 13.2 Å².